The average molecular weight is 495 g/mol. The largest absolute Gasteiger partial charge is 0.480 e. The highest BCUT2D eigenvalue weighted by Crippen LogP contribution is 2.18. The van der Waals surface area contributed by atoms with Gasteiger partial charge in [0.2, 0.25) is 0 Å². The molecule has 0 fully saturated rings. The minimum absolute atomic E-state index is 0.119. The summed E-state index contributed by atoms with van der Waals surface area (Å²) in [5.41, 5.74) is 6.82. The van der Waals surface area contributed by atoms with Crippen molar-refractivity contribution in [2.45, 2.75) is 32.9 Å². The Labute approximate surface area is 200 Å². The van der Waals surface area contributed by atoms with E-state index in [0.717, 1.165) is 12.8 Å². The molecule has 3 aromatic rings. The quantitative estimate of drug-likeness (QED) is 0.207. The average Bonchev–Trinajstić information content (AvgIpc) is 3.40. The normalized spacial score (nSPS) is 11.3. The standard InChI is InChI=1S/C20H30N8O7/c1-2-3-5-35-19-23-17(21)16-18(24-19)28(20(31)22-16)12-14-11-27(26-25-14)4-6-32-7-8-33-9-10-34-13-15(29)30/h11H,2-10,12-13H2,1H3,(H,22,31)(H,29,30)(H2,21,23,24). The van der Waals surface area contributed by atoms with Crippen molar-refractivity contribution in [2.24, 2.45) is 0 Å². The van der Waals surface area contributed by atoms with Crippen LogP contribution in [0, 0.1) is 0 Å². The fourth-order valence-corrected chi connectivity index (χ4v) is 2.99. The number of rotatable bonds is 17. The summed E-state index contributed by atoms with van der Waals surface area (Å²) in [6.07, 6.45) is 3.53. The van der Waals surface area contributed by atoms with E-state index in [1.807, 2.05) is 6.92 Å². The first kappa shape index (κ1) is 26.1. The summed E-state index contributed by atoms with van der Waals surface area (Å²) < 4.78 is 24.2. The molecular formula is C20H30N8O7. The minimum Gasteiger partial charge on any atom is -0.480 e. The van der Waals surface area contributed by atoms with Crippen molar-refractivity contribution < 1.29 is 28.8 Å². The molecule has 4 N–H and O–H groups in total. The SMILES string of the molecule is CCCCOc1nc(N)c2[nH]c(=O)n(Cc3cn(CCOCCOCCOCC(=O)O)nn3)c2n1. The van der Waals surface area contributed by atoms with Crippen LogP contribution in [0.1, 0.15) is 25.5 Å². The van der Waals surface area contributed by atoms with Gasteiger partial charge in [-0.15, -0.1) is 5.10 Å². The van der Waals surface area contributed by atoms with Gasteiger partial charge in [0, 0.05) is 0 Å². The molecule has 0 atom stereocenters. The van der Waals surface area contributed by atoms with Crippen molar-refractivity contribution in [3.8, 4) is 6.01 Å². The Morgan fingerprint density at radius 1 is 1.11 bits per heavy atom. The fourth-order valence-electron chi connectivity index (χ4n) is 2.99. The Kier molecular flexibility index (Phi) is 9.94. The van der Waals surface area contributed by atoms with Crippen molar-refractivity contribution in [1.82, 2.24) is 34.5 Å². The number of imidazole rings is 1. The summed E-state index contributed by atoms with van der Waals surface area (Å²) in [6.45, 7) is 4.38. The number of hydrogen-bond acceptors (Lipinski definition) is 11. The van der Waals surface area contributed by atoms with Crippen molar-refractivity contribution in [1.29, 1.82) is 0 Å². The molecule has 0 amide bonds. The molecule has 0 bridgehead atoms. The second-order valence-electron chi connectivity index (χ2n) is 7.45. The Morgan fingerprint density at radius 2 is 1.86 bits per heavy atom. The highest BCUT2D eigenvalue weighted by Gasteiger charge is 2.16. The summed E-state index contributed by atoms with van der Waals surface area (Å²) in [7, 11) is 0. The number of fused-ring (bicyclic) bond motifs is 1. The number of ether oxygens (including phenoxy) is 4. The zero-order chi connectivity index (χ0) is 25.0. The van der Waals surface area contributed by atoms with Crippen LogP contribution < -0.4 is 16.2 Å². The minimum atomic E-state index is -1.02. The van der Waals surface area contributed by atoms with E-state index in [1.165, 1.54) is 4.57 Å². The van der Waals surface area contributed by atoms with Gasteiger partial charge in [-0.3, -0.25) is 4.57 Å². The lowest BCUT2D eigenvalue weighted by Crippen LogP contribution is -2.18. The monoisotopic (exact) mass is 494 g/mol. The van der Waals surface area contributed by atoms with Crippen LogP contribution in [-0.2, 0) is 32.1 Å². The van der Waals surface area contributed by atoms with E-state index in [-0.39, 0.29) is 31.6 Å². The lowest BCUT2D eigenvalue weighted by atomic mass is 10.4. The maximum atomic E-state index is 12.5. The summed E-state index contributed by atoms with van der Waals surface area (Å²) in [5, 5.41) is 16.6. The molecular weight excluding hydrogens is 464 g/mol. The maximum Gasteiger partial charge on any atom is 0.329 e. The van der Waals surface area contributed by atoms with Crippen molar-refractivity contribution in [2.75, 3.05) is 52.0 Å². The topological polar surface area (TPSA) is 195 Å². The van der Waals surface area contributed by atoms with Gasteiger partial charge in [-0.25, -0.2) is 14.3 Å². The zero-order valence-electron chi connectivity index (χ0n) is 19.5. The first-order chi connectivity index (χ1) is 17.0. The van der Waals surface area contributed by atoms with Gasteiger partial charge in [0.05, 0.1) is 58.9 Å². The summed E-state index contributed by atoms with van der Waals surface area (Å²) in [4.78, 5) is 33.9. The molecule has 3 heterocycles. The number of unbranched alkanes of at least 4 members (excludes halogenated alkanes) is 1. The van der Waals surface area contributed by atoms with Gasteiger partial charge in [0.15, 0.2) is 11.5 Å². The number of nitrogen functional groups attached to an aromatic ring is 1. The van der Waals surface area contributed by atoms with Crippen LogP contribution in [0.2, 0.25) is 0 Å². The van der Waals surface area contributed by atoms with Crippen LogP contribution in [0.5, 0.6) is 6.01 Å². The summed E-state index contributed by atoms with van der Waals surface area (Å²) >= 11 is 0. The van der Waals surface area contributed by atoms with Gasteiger partial charge in [0.1, 0.15) is 17.8 Å². The molecule has 3 rings (SSSR count). The number of carboxylic acids is 1. The van der Waals surface area contributed by atoms with Crippen molar-refractivity contribution in [3.63, 3.8) is 0 Å². The van der Waals surface area contributed by atoms with Crippen LogP contribution in [0.15, 0.2) is 11.0 Å². The number of aromatic amines is 1. The van der Waals surface area contributed by atoms with Crippen LogP contribution in [-0.4, -0.2) is 91.8 Å². The fraction of sp³-hybridized carbons (Fsp3) is 0.600. The van der Waals surface area contributed by atoms with Crippen molar-refractivity contribution in [3.05, 3.63) is 22.4 Å². The molecule has 35 heavy (non-hydrogen) atoms. The van der Waals surface area contributed by atoms with Gasteiger partial charge in [-0.2, -0.15) is 9.97 Å². The predicted octanol–water partition coefficient (Wildman–Crippen LogP) is -0.345. The number of aliphatic carboxylic acids is 1. The summed E-state index contributed by atoms with van der Waals surface area (Å²) in [6, 6.07) is 0.119. The van der Waals surface area contributed by atoms with Crippen molar-refractivity contribution >= 4 is 23.0 Å². The molecule has 15 nitrogen and oxygen atoms in total. The Balaban J connectivity index is 1.46. The lowest BCUT2D eigenvalue weighted by molar-refractivity contribution is -0.142. The van der Waals surface area contributed by atoms with E-state index in [4.69, 9.17) is 29.8 Å². The van der Waals surface area contributed by atoms with E-state index >= 15 is 0 Å². The van der Waals surface area contributed by atoms with Crippen LogP contribution in [0.25, 0.3) is 11.2 Å². The van der Waals surface area contributed by atoms with E-state index in [0.29, 0.717) is 56.4 Å². The molecule has 0 aliphatic carbocycles. The first-order valence-corrected chi connectivity index (χ1v) is 11.2. The zero-order valence-corrected chi connectivity index (χ0v) is 19.5. The molecule has 0 unspecified atom stereocenters. The summed E-state index contributed by atoms with van der Waals surface area (Å²) in [5.74, 6) is -0.881. The number of hydrogen-bond donors (Lipinski definition) is 3. The van der Waals surface area contributed by atoms with Gasteiger partial charge in [-0.05, 0) is 6.42 Å². The lowest BCUT2D eigenvalue weighted by Gasteiger charge is -2.06. The number of carbonyl (C=O) groups is 1. The molecule has 0 radical (unpaired) electrons. The molecule has 0 aliphatic rings. The predicted molar refractivity (Wildman–Crippen MR) is 122 cm³/mol. The second-order valence-corrected chi connectivity index (χ2v) is 7.45. The molecule has 15 heteroatoms. The molecule has 0 saturated heterocycles. The van der Waals surface area contributed by atoms with E-state index in [1.54, 1.807) is 10.9 Å². The molecule has 3 aromatic heterocycles. The van der Waals surface area contributed by atoms with Crippen LogP contribution in [0.4, 0.5) is 5.82 Å². The molecule has 0 aromatic carbocycles. The Bertz CT molecular complexity index is 1140. The number of nitrogens with two attached hydrogens (primary N) is 1. The number of nitrogens with zero attached hydrogens (tertiary/aromatic N) is 6. The van der Waals surface area contributed by atoms with Crippen LogP contribution in [0.3, 0.4) is 0 Å². The first-order valence-electron chi connectivity index (χ1n) is 11.2. The molecule has 0 spiro atoms. The number of carboxylic acid groups (broad SMARTS) is 1. The van der Waals surface area contributed by atoms with E-state index < -0.39 is 11.7 Å². The number of nitrogens with one attached hydrogen (secondary N) is 1. The Hall–Kier alpha value is -3.56. The highest BCUT2D eigenvalue weighted by atomic mass is 16.5. The molecule has 0 saturated carbocycles. The third kappa shape index (κ3) is 8.01. The molecule has 0 aliphatic heterocycles. The van der Waals surface area contributed by atoms with Gasteiger partial charge in [0.25, 0.3) is 0 Å². The van der Waals surface area contributed by atoms with Crippen LogP contribution >= 0.6 is 0 Å². The third-order valence-electron chi connectivity index (χ3n) is 4.70. The Morgan fingerprint density at radius 3 is 2.60 bits per heavy atom. The maximum absolute atomic E-state index is 12.5. The van der Waals surface area contributed by atoms with E-state index in [9.17, 15) is 9.59 Å². The highest BCUT2D eigenvalue weighted by molar-refractivity contribution is 5.81. The smallest absolute Gasteiger partial charge is 0.329 e. The number of anilines is 1. The molecule has 192 valence electrons. The van der Waals surface area contributed by atoms with Gasteiger partial charge in [-0.1, -0.05) is 18.6 Å². The second kappa shape index (κ2) is 13.4. The van der Waals surface area contributed by atoms with E-state index in [2.05, 4.69) is 25.3 Å². The number of H-pyrrole nitrogens is 1. The third-order valence-corrected chi connectivity index (χ3v) is 4.70. The number of aromatic nitrogens is 7. The van der Waals surface area contributed by atoms with Gasteiger partial charge < -0.3 is 34.8 Å². The van der Waals surface area contributed by atoms with Gasteiger partial charge >= 0.3 is 17.7 Å².